The maximum Gasteiger partial charge on any atom is 0.407 e. The van der Waals surface area contributed by atoms with Gasteiger partial charge < -0.3 is 24.7 Å². The van der Waals surface area contributed by atoms with Crippen LogP contribution in [0.4, 0.5) is 16.2 Å². The number of hydrogen-bond acceptors (Lipinski definition) is 6. The van der Waals surface area contributed by atoms with Gasteiger partial charge in [0.05, 0.1) is 27.4 Å². The molecule has 10 heteroatoms. The molecule has 4 heterocycles. The lowest BCUT2D eigenvalue weighted by molar-refractivity contribution is 0.103. The molecule has 0 atom stereocenters. The van der Waals surface area contributed by atoms with E-state index in [0.29, 0.717) is 53.8 Å². The number of H-pyrrole nitrogens is 1. The molecule has 1 aliphatic rings. The number of aromatic amines is 1. The van der Waals surface area contributed by atoms with Gasteiger partial charge in [0, 0.05) is 67.8 Å². The van der Waals surface area contributed by atoms with Crippen LogP contribution in [0.15, 0.2) is 59.4 Å². The number of pyridine rings is 1. The highest BCUT2D eigenvalue weighted by Gasteiger charge is 2.21. The second kappa shape index (κ2) is 9.98. The zero-order valence-corrected chi connectivity index (χ0v) is 21.9. The number of piperazine rings is 1. The highest BCUT2D eigenvalue weighted by atomic mass is 35.5. The summed E-state index contributed by atoms with van der Waals surface area (Å²) in [6.07, 6.45) is 4.21. The number of carboxylic acid groups (broad SMARTS) is 1. The van der Waals surface area contributed by atoms with Gasteiger partial charge in [0.1, 0.15) is 17.4 Å². The van der Waals surface area contributed by atoms with Gasteiger partial charge in [-0.1, -0.05) is 17.7 Å². The third-order valence-electron chi connectivity index (χ3n) is 7.29. The number of aryl methyl sites for hydroxylation is 1. The molecule has 0 radical (unpaired) electrons. The molecule has 196 valence electrons. The van der Waals surface area contributed by atoms with E-state index in [1.165, 1.54) is 11.1 Å². The summed E-state index contributed by atoms with van der Waals surface area (Å²) >= 11 is 6.53. The fraction of sp³-hybridized carbons (Fsp3) is 0.207. The molecule has 2 aromatic carbocycles. The Kier molecular flexibility index (Phi) is 6.35. The largest absolute Gasteiger partial charge is 0.465 e. The van der Waals surface area contributed by atoms with E-state index in [9.17, 15) is 15.2 Å². The SMILES string of the molecule is Cc1c(Nc2c(C#N)cncc2-c2cc3cc(CN4CCN(C(=O)O)CC4)ccc3o2)cc(Cl)c2[nH]ccc12. The molecule has 1 fully saturated rings. The summed E-state index contributed by atoms with van der Waals surface area (Å²) < 4.78 is 6.22. The quantitative estimate of drug-likeness (QED) is 0.237. The minimum atomic E-state index is -0.867. The Morgan fingerprint density at radius 1 is 1.21 bits per heavy atom. The fourth-order valence-corrected chi connectivity index (χ4v) is 5.41. The van der Waals surface area contributed by atoms with E-state index in [1.54, 1.807) is 6.20 Å². The predicted molar refractivity (Wildman–Crippen MR) is 150 cm³/mol. The summed E-state index contributed by atoms with van der Waals surface area (Å²) in [6.45, 7) is 5.14. The van der Waals surface area contributed by atoms with Crippen molar-refractivity contribution >= 4 is 50.9 Å². The van der Waals surface area contributed by atoms with Gasteiger partial charge in [-0.15, -0.1) is 0 Å². The van der Waals surface area contributed by atoms with Crippen molar-refractivity contribution in [1.29, 1.82) is 5.26 Å². The Balaban J connectivity index is 1.31. The highest BCUT2D eigenvalue weighted by molar-refractivity contribution is 6.35. The Hall–Kier alpha value is -4.52. The van der Waals surface area contributed by atoms with E-state index >= 15 is 0 Å². The van der Waals surface area contributed by atoms with Crippen LogP contribution in [0.3, 0.4) is 0 Å². The van der Waals surface area contributed by atoms with Gasteiger partial charge in [0.2, 0.25) is 0 Å². The second-order valence-electron chi connectivity index (χ2n) is 9.67. The first-order chi connectivity index (χ1) is 18.9. The fourth-order valence-electron chi connectivity index (χ4n) is 5.14. The lowest BCUT2D eigenvalue weighted by Crippen LogP contribution is -2.47. The number of aromatic nitrogens is 2. The molecule has 1 saturated heterocycles. The van der Waals surface area contributed by atoms with E-state index in [-0.39, 0.29) is 0 Å². The van der Waals surface area contributed by atoms with Gasteiger partial charge in [-0.25, -0.2) is 4.79 Å². The minimum Gasteiger partial charge on any atom is -0.465 e. The minimum absolute atomic E-state index is 0.388. The average Bonchev–Trinajstić information content (AvgIpc) is 3.60. The Morgan fingerprint density at radius 2 is 2.03 bits per heavy atom. The van der Waals surface area contributed by atoms with Crippen LogP contribution in [0.5, 0.6) is 0 Å². The molecule has 0 spiro atoms. The van der Waals surface area contributed by atoms with E-state index in [1.807, 2.05) is 43.5 Å². The van der Waals surface area contributed by atoms with Crippen molar-refractivity contribution < 1.29 is 14.3 Å². The lowest BCUT2D eigenvalue weighted by Gasteiger charge is -2.33. The summed E-state index contributed by atoms with van der Waals surface area (Å²) in [5.41, 5.74) is 6.15. The summed E-state index contributed by atoms with van der Waals surface area (Å²) in [4.78, 5) is 22.3. The number of carbonyl (C=O) groups is 1. The van der Waals surface area contributed by atoms with Gasteiger partial charge >= 0.3 is 6.09 Å². The van der Waals surface area contributed by atoms with Crippen molar-refractivity contribution in [3.63, 3.8) is 0 Å². The topological polar surface area (TPSA) is 121 Å². The van der Waals surface area contributed by atoms with Crippen LogP contribution in [0, 0.1) is 18.3 Å². The molecule has 3 N–H and O–H groups in total. The van der Waals surface area contributed by atoms with Gasteiger partial charge in [-0.3, -0.25) is 9.88 Å². The normalized spacial score (nSPS) is 14.1. The molecule has 6 rings (SSSR count). The van der Waals surface area contributed by atoms with Crippen molar-refractivity contribution in [1.82, 2.24) is 19.8 Å². The number of benzene rings is 2. The first-order valence-electron chi connectivity index (χ1n) is 12.6. The molecule has 9 nitrogen and oxygen atoms in total. The molecular formula is C29H25ClN6O3. The molecular weight excluding hydrogens is 516 g/mol. The van der Waals surface area contributed by atoms with E-state index < -0.39 is 6.09 Å². The smallest absolute Gasteiger partial charge is 0.407 e. The van der Waals surface area contributed by atoms with Gasteiger partial charge in [0.25, 0.3) is 0 Å². The maximum atomic E-state index is 11.2. The third kappa shape index (κ3) is 4.65. The molecule has 0 unspecified atom stereocenters. The van der Waals surface area contributed by atoms with Crippen LogP contribution in [0.25, 0.3) is 33.2 Å². The standard InChI is InChI=1S/C29H25ClN6O3/c1-17-21-4-5-33-28(21)23(30)12-24(17)34-27-20(13-31)14-32-15-22(27)26-11-19-10-18(2-3-25(19)39-26)16-35-6-8-36(9-7-35)29(37)38/h2-5,10-12,14-15,33H,6-9,16H2,1H3,(H,32,34)(H,37,38). The van der Waals surface area contributed by atoms with Gasteiger partial charge in [-0.2, -0.15) is 5.26 Å². The van der Waals surface area contributed by atoms with Crippen LogP contribution in [0.1, 0.15) is 16.7 Å². The number of halogens is 1. The zero-order chi connectivity index (χ0) is 27.1. The Labute approximate surface area is 229 Å². The molecule has 39 heavy (non-hydrogen) atoms. The number of fused-ring (bicyclic) bond motifs is 2. The van der Waals surface area contributed by atoms with Gasteiger partial charge in [-0.05, 0) is 48.4 Å². The number of nitrogens with zero attached hydrogens (tertiary/aromatic N) is 4. The average molecular weight is 541 g/mol. The molecule has 3 aromatic heterocycles. The number of furan rings is 1. The molecule has 0 saturated carbocycles. The van der Waals surface area contributed by atoms with Crippen LogP contribution in [-0.2, 0) is 6.54 Å². The number of rotatable bonds is 5. The van der Waals surface area contributed by atoms with Crippen molar-refractivity contribution in [3.05, 3.63) is 76.7 Å². The van der Waals surface area contributed by atoms with Crippen LogP contribution < -0.4 is 5.32 Å². The van der Waals surface area contributed by atoms with E-state index in [0.717, 1.165) is 45.2 Å². The molecule has 1 aliphatic heterocycles. The predicted octanol–water partition coefficient (Wildman–Crippen LogP) is 6.35. The molecule has 1 amide bonds. The zero-order valence-electron chi connectivity index (χ0n) is 21.2. The number of nitrogens with one attached hydrogen (secondary N) is 2. The number of anilines is 2. The summed E-state index contributed by atoms with van der Waals surface area (Å²) in [7, 11) is 0. The maximum absolute atomic E-state index is 11.2. The van der Waals surface area contributed by atoms with Crippen molar-refractivity contribution in [2.75, 3.05) is 31.5 Å². The summed E-state index contributed by atoms with van der Waals surface area (Å²) in [5, 5.41) is 25.0. The van der Waals surface area contributed by atoms with Crippen molar-refractivity contribution in [2.24, 2.45) is 0 Å². The summed E-state index contributed by atoms with van der Waals surface area (Å²) in [6, 6.07) is 14.1. The van der Waals surface area contributed by atoms with Crippen molar-refractivity contribution in [3.8, 4) is 17.4 Å². The lowest BCUT2D eigenvalue weighted by atomic mass is 10.1. The monoisotopic (exact) mass is 540 g/mol. The van der Waals surface area contributed by atoms with Gasteiger partial charge in [0.15, 0.2) is 0 Å². The molecule has 5 aromatic rings. The Morgan fingerprint density at radius 3 is 2.79 bits per heavy atom. The van der Waals surface area contributed by atoms with E-state index in [2.05, 4.69) is 32.3 Å². The summed E-state index contributed by atoms with van der Waals surface area (Å²) in [5.74, 6) is 0.593. The number of nitriles is 1. The van der Waals surface area contributed by atoms with E-state index in [4.69, 9.17) is 16.0 Å². The molecule has 0 bridgehead atoms. The molecule has 0 aliphatic carbocycles. The first-order valence-corrected chi connectivity index (χ1v) is 12.9. The second-order valence-corrected chi connectivity index (χ2v) is 10.1. The first kappa shape index (κ1) is 24.8. The van der Waals surface area contributed by atoms with Crippen LogP contribution >= 0.6 is 11.6 Å². The van der Waals surface area contributed by atoms with Crippen LogP contribution in [-0.4, -0.2) is 57.1 Å². The number of amides is 1. The Bertz CT molecular complexity index is 1760. The highest BCUT2D eigenvalue weighted by Crippen LogP contribution is 2.39. The van der Waals surface area contributed by atoms with Crippen LogP contribution in [0.2, 0.25) is 5.02 Å². The third-order valence-corrected chi connectivity index (χ3v) is 7.58. The van der Waals surface area contributed by atoms with Crippen molar-refractivity contribution in [2.45, 2.75) is 13.5 Å². The number of hydrogen-bond donors (Lipinski definition) is 3.